The largest absolute Gasteiger partial charge is 0.488 e. The Hall–Kier alpha value is -3.22. The number of fused-ring (bicyclic) bond motifs is 2. The Kier molecular flexibility index (Phi) is 4.35. The van der Waals surface area contributed by atoms with Crippen molar-refractivity contribution in [2.45, 2.75) is 25.5 Å². The van der Waals surface area contributed by atoms with Gasteiger partial charge < -0.3 is 10.1 Å². The van der Waals surface area contributed by atoms with Crippen LogP contribution in [-0.2, 0) is 17.8 Å². The summed E-state index contributed by atoms with van der Waals surface area (Å²) in [6, 6.07) is 14.9. The van der Waals surface area contributed by atoms with E-state index in [2.05, 4.69) is 15.6 Å². The van der Waals surface area contributed by atoms with Crippen molar-refractivity contribution in [1.29, 1.82) is 0 Å². The van der Waals surface area contributed by atoms with Crippen molar-refractivity contribution in [3.63, 3.8) is 0 Å². The van der Waals surface area contributed by atoms with Gasteiger partial charge in [-0.3, -0.25) is 9.59 Å². The SMILES string of the molecule is O=C(CCn1nnc2ccccc2c1=O)NC[C@H]1Cc2ccccc2O1. The van der Waals surface area contributed by atoms with Crippen molar-refractivity contribution in [2.24, 2.45) is 0 Å². The molecule has 2 heterocycles. The third-order valence-corrected chi connectivity index (χ3v) is 4.42. The fourth-order valence-corrected chi connectivity index (χ4v) is 3.06. The number of carbonyl (C=O) groups is 1. The molecule has 0 fully saturated rings. The molecular formula is C19H18N4O3. The maximum Gasteiger partial charge on any atom is 0.277 e. The number of carbonyl (C=O) groups excluding carboxylic acids is 1. The van der Waals surface area contributed by atoms with Crippen LogP contribution in [0, 0.1) is 0 Å². The second kappa shape index (κ2) is 6.95. The Labute approximate surface area is 149 Å². The van der Waals surface area contributed by atoms with Gasteiger partial charge in [0, 0.05) is 12.8 Å². The lowest BCUT2D eigenvalue weighted by molar-refractivity contribution is -0.121. The van der Waals surface area contributed by atoms with Crippen molar-refractivity contribution in [3.05, 3.63) is 64.4 Å². The third-order valence-electron chi connectivity index (χ3n) is 4.42. The van der Waals surface area contributed by atoms with Crippen LogP contribution in [0.5, 0.6) is 5.75 Å². The zero-order chi connectivity index (χ0) is 17.9. The maximum atomic E-state index is 12.3. The van der Waals surface area contributed by atoms with E-state index in [-0.39, 0.29) is 30.5 Å². The fraction of sp³-hybridized carbons (Fsp3) is 0.263. The summed E-state index contributed by atoms with van der Waals surface area (Å²) in [6.45, 7) is 0.625. The highest BCUT2D eigenvalue weighted by atomic mass is 16.5. The number of rotatable bonds is 5. The summed E-state index contributed by atoms with van der Waals surface area (Å²) in [7, 11) is 0. The Morgan fingerprint density at radius 2 is 2.00 bits per heavy atom. The molecule has 1 aromatic heterocycles. The molecule has 0 saturated carbocycles. The van der Waals surface area contributed by atoms with Gasteiger partial charge in [0.2, 0.25) is 5.91 Å². The quantitative estimate of drug-likeness (QED) is 0.750. The number of para-hydroxylation sites is 1. The first-order chi connectivity index (χ1) is 12.7. The van der Waals surface area contributed by atoms with Gasteiger partial charge in [-0.25, -0.2) is 4.68 Å². The lowest BCUT2D eigenvalue weighted by atomic mass is 10.1. The molecular weight excluding hydrogens is 332 g/mol. The first kappa shape index (κ1) is 16.3. The Balaban J connectivity index is 1.31. The van der Waals surface area contributed by atoms with Crippen molar-refractivity contribution >= 4 is 16.8 Å². The highest BCUT2D eigenvalue weighted by molar-refractivity contribution is 5.77. The van der Waals surface area contributed by atoms with Crippen molar-refractivity contribution in [1.82, 2.24) is 20.3 Å². The number of benzene rings is 2. The van der Waals surface area contributed by atoms with E-state index in [0.29, 0.717) is 17.4 Å². The molecule has 0 radical (unpaired) electrons. The van der Waals surface area contributed by atoms with E-state index in [1.54, 1.807) is 24.3 Å². The number of hydrogen-bond donors (Lipinski definition) is 1. The molecule has 2 aromatic carbocycles. The lowest BCUT2D eigenvalue weighted by Crippen LogP contribution is -2.35. The predicted molar refractivity (Wildman–Crippen MR) is 96.0 cm³/mol. The number of aromatic nitrogens is 3. The number of hydrogen-bond acceptors (Lipinski definition) is 5. The van der Waals surface area contributed by atoms with Crippen LogP contribution in [0.2, 0.25) is 0 Å². The van der Waals surface area contributed by atoms with E-state index < -0.39 is 0 Å². The van der Waals surface area contributed by atoms with E-state index in [1.165, 1.54) is 4.68 Å². The van der Waals surface area contributed by atoms with E-state index in [4.69, 9.17) is 4.74 Å². The van der Waals surface area contributed by atoms with Gasteiger partial charge in [-0.15, -0.1) is 5.10 Å². The summed E-state index contributed by atoms with van der Waals surface area (Å²) in [5.41, 5.74) is 1.47. The lowest BCUT2D eigenvalue weighted by Gasteiger charge is -2.12. The molecule has 132 valence electrons. The van der Waals surface area contributed by atoms with Gasteiger partial charge in [0.25, 0.3) is 5.56 Å². The number of nitrogens with zero attached hydrogens (tertiary/aromatic N) is 3. The molecule has 0 saturated heterocycles. The second-order valence-electron chi connectivity index (χ2n) is 6.24. The summed E-state index contributed by atoms with van der Waals surface area (Å²) in [6.07, 6.45) is 0.887. The van der Waals surface area contributed by atoms with Crippen LogP contribution in [0.4, 0.5) is 0 Å². The average Bonchev–Trinajstić information content (AvgIpc) is 3.09. The van der Waals surface area contributed by atoms with Gasteiger partial charge >= 0.3 is 0 Å². The second-order valence-corrected chi connectivity index (χ2v) is 6.24. The normalized spacial score (nSPS) is 15.5. The highest BCUT2D eigenvalue weighted by Crippen LogP contribution is 2.27. The van der Waals surface area contributed by atoms with E-state index >= 15 is 0 Å². The summed E-state index contributed by atoms with van der Waals surface area (Å²) >= 11 is 0. The summed E-state index contributed by atoms with van der Waals surface area (Å²) in [4.78, 5) is 24.4. The number of amides is 1. The fourth-order valence-electron chi connectivity index (χ4n) is 3.06. The molecule has 0 unspecified atom stereocenters. The zero-order valence-corrected chi connectivity index (χ0v) is 14.1. The van der Waals surface area contributed by atoms with Crippen molar-refractivity contribution in [2.75, 3.05) is 6.54 Å². The van der Waals surface area contributed by atoms with Gasteiger partial charge in [0.05, 0.1) is 18.5 Å². The summed E-state index contributed by atoms with van der Waals surface area (Å²) in [5, 5.41) is 11.3. The maximum absolute atomic E-state index is 12.3. The summed E-state index contributed by atoms with van der Waals surface area (Å²) < 4.78 is 7.02. The van der Waals surface area contributed by atoms with Crippen LogP contribution in [-0.4, -0.2) is 33.5 Å². The molecule has 0 bridgehead atoms. The van der Waals surface area contributed by atoms with E-state index in [9.17, 15) is 9.59 Å². The first-order valence-corrected chi connectivity index (χ1v) is 8.54. The van der Waals surface area contributed by atoms with Crippen LogP contribution in [0.1, 0.15) is 12.0 Å². The molecule has 1 N–H and O–H groups in total. The van der Waals surface area contributed by atoms with E-state index in [0.717, 1.165) is 17.7 Å². The van der Waals surface area contributed by atoms with Crippen molar-refractivity contribution in [3.8, 4) is 5.75 Å². The van der Waals surface area contributed by atoms with Gasteiger partial charge in [-0.05, 0) is 23.8 Å². The Morgan fingerprint density at radius 1 is 1.19 bits per heavy atom. The van der Waals surface area contributed by atoms with Crippen LogP contribution in [0.25, 0.3) is 10.9 Å². The Morgan fingerprint density at radius 3 is 2.88 bits per heavy atom. The average molecular weight is 350 g/mol. The van der Waals surface area contributed by atoms with Crippen LogP contribution >= 0.6 is 0 Å². The minimum Gasteiger partial charge on any atom is -0.488 e. The standard InChI is InChI=1S/C19H18N4O3/c24-18(20-12-14-11-13-5-1-4-8-17(13)26-14)9-10-23-19(25)15-6-2-3-7-16(15)21-22-23/h1-8,14H,9-12H2,(H,20,24)/t14-/m1/s1. The third kappa shape index (κ3) is 3.28. The van der Waals surface area contributed by atoms with Crippen molar-refractivity contribution < 1.29 is 9.53 Å². The minimum atomic E-state index is -0.238. The molecule has 1 aliphatic rings. The van der Waals surface area contributed by atoms with Crippen LogP contribution < -0.4 is 15.6 Å². The first-order valence-electron chi connectivity index (χ1n) is 8.54. The number of ether oxygens (including phenoxy) is 1. The Bertz CT molecular complexity index is 990. The number of aryl methyl sites for hydroxylation is 1. The van der Waals surface area contributed by atoms with Gasteiger partial charge in [0.15, 0.2) is 0 Å². The molecule has 7 nitrogen and oxygen atoms in total. The molecule has 26 heavy (non-hydrogen) atoms. The molecule has 0 spiro atoms. The molecule has 1 aliphatic heterocycles. The molecule has 4 rings (SSSR count). The van der Waals surface area contributed by atoms with Crippen LogP contribution in [0.15, 0.2) is 53.3 Å². The number of nitrogens with one attached hydrogen (secondary N) is 1. The minimum absolute atomic E-state index is 0.0560. The van der Waals surface area contributed by atoms with Crippen LogP contribution in [0.3, 0.4) is 0 Å². The smallest absolute Gasteiger partial charge is 0.277 e. The topological polar surface area (TPSA) is 86.1 Å². The highest BCUT2D eigenvalue weighted by Gasteiger charge is 2.22. The monoisotopic (exact) mass is 350 g/mol. The molecule has 7 heteroatoms. The van der Waals surface area contributed by atoms with Gasteiger partial charge in [0.1, 0.15) is 17.4 Å². The molecule has 1 amide bonds. The zero-order valence-electron chi connectivity index (χ0n) is 14.1. The molecule has 0 aliphatic carbocycles. The van der Waals surface area contributed by atoms with Gasteiger partial charge in [-0.2, -0.15) is 0 Å². The molecule has 3 aromatic rings. The summed E-state index contributed by atoms with van der Waals surface area (Å²) in [5.74, 6) is 0.733. The predicted octanol–water partition coefficient (Wildman–Crippen LogP) is 1.30. The van der Waals surface area contributed by atoms with E-state index in [1.807, 2.05) is 24.3 Å². The molecule has 1 atom stereocenters. The van der Waals surface area contributed by atoms with Gasteiger partial charge in [-0.1, -0.05) is 35.5 Å².